The van der Waals surface area contributed by atoms with Crippen LogP contribution in [0.25, 0.3) is 0 Å². The molecule has 0 aromatic heterocycles. The number of anilines is 1. The molecule has 0 saturated heterocycles. The predicted molar refractivity (Wildman–Crippen MR) is 135 cm³/mol. The molecule has 0 fully saturated rings. The van der Waals surface area contributed by atoms with Gasteiger partial charge in [0.1, 0.15) is 5.71 Å². The topological polar surface area (TPSA) is 40.0 Å². The van der Waals surface area contributed by atoms with Crippen molar-refractivity contribution in [3.05, 3.63) is 93.5 Å². The van der Waals surface area contributed by atoms with Crippen LogP contribution in [-0.2, 0) is 5.41 Å². The zero-order valence-corrected chi connectivity index (χ0v) is 20.2. The van der Waals surface area contributed by atoms with Crippen LogP contribution in [0.15, 0.2) is 81.3 Å². The molecule has 0 radical (unpaired) electrons. The largest absolute Gasteiger partial charge is 0.378 e. The molecule has 1 aliphatic heterocycles. The molecule has 3 aromatic rings. The second kappa shape index (κ2) is 8.31. The maximum Gasteiger partial charge on any atom is 0.154 e. The van der Waals surface area contributed by atoms with Gasteiger partial charge in [-0.25, -0.2) is 4.99 Å². The highest BCUT2D eigenvalue weighted by molar-refractivity contribution is 9.10. The second-order valence-corrected chi connectivity index (χ2v) is 9.88. The number of nitrogens with one attached hydrogen (secondary N) is 1. The molecule has 0 saturated carbocycles. The van der Waals surface area contributed by atoms with Gasteiger partial charge < -0.3 is 4.90 Å². The van der Waals surface area contributed by atoms with E-state index in [9.17, 15) is 0 Å². The summed E-state index contributed by atoms with van der Waals surface area (Å²) in [6, 6.07) is 23.1. The number of aliphatic imine (C=N–C) groups is 1. The van der Waals surface area contributed by atoms with Crippen molar-refractivity contribution in [3.8, 4) is 0 Å². The van der Waals surface area contributed by atoms with Crippen molar-refractivity contribution in [2.75, 3.05) is 19.0 Å². The van der Waals surface area contributed by atoms with Crippen molar-refractivity contribution in [1.29, 1.82) is 0 Å². The third-order valence-electron chi connectivity index (χ3n) is 5.40. The summed E-state index contributed by atoms with van der Waals surface area (Å²) in [5.74, 6) is 0.740. The third-order valence-corrected chi connectivity index (χ3v) is 5.89. The van der Waals surface area contributed by atoms with Gasteiger partial charge in [-0.3, -0.25) is 5.43 Å². The molecule has 5 heteroatoms. The minimum Gasteiger partial charge on any atom is -0.378 e. The maximum absolute atomic E-state index is 4.93. The van der Waals surface area contributed by atoms with Gasteiger partial charge in [0.05, 0.1) is 5.69 Å². The number of amidine groups is 1. The van der Waals surface area contributed by atoms with Gasteiger partial charge in [-0.05, 0) is 41.3 Å². The first kappa shape index (κ1) is 21.3. The van der Waals surface area contributed by atoms with Gasteiger partial charge in [0, 0.05) is 40.9 Å². The lowest BCUT2D eigenvalue weighted by atomic mass is 9.86. The zero-order valence-electron chi connectivity index (χ0n) is 18.6. The van der Waals surface area contributed by atoms with Crippen molar-refractivity contribution in [2.45, 2.75) is 26.2 Å². The number of fused-ring (bicyclic) bond motifs is 1. The quantitative estimate of drug-likeness (QED) is 0.487. The van der Waals surface area contributed by atoms with Crippen molar-refractivity contribution in [3.63, 3.8) is 0 Å². The van der Waals surface area contributed by atoms with Crippen molar-refractivity contribution >= 4 is 38.9 Å². The molecule has 0 unspecified atom stereocenters. The highest BCUT2D eigenvalue weighted by atomic mass is 79.9. The molecule has 158 valence electrons. The summed E-state index contributed by atoms with van der Waals surface area (Å²) in [7, 11) is 4.08. The average molecular weight is 475 g/mol. The highest BCUT2D eigenvalue weighted by Crippen LogP contribution is 2.30. The van der Waals surface area contributed by atoms with Crippen LogP contribution in [0.5, 0.6) is 0 Å². The van der Waals surface area contributed by atoms with Gasteiger partial charge in [0.15, 0.2) is 5.84 Å². The molecular weight excluding hydrogens is 448 g/mol. The van der Waals surface area contributed by atoms with Gasteiger partial charge in [0.2, 0.25) is 0 Å². The van der Waals surface area contributed by atoms with Crippen LogP contribution in [0, 0.1) is 0 Å². The fourth-order valence-electron chi connectivity index (χ4n) is 3.50. The lowest BCUT2D eigenvalue weighted by Gasteiger charge is -2.19. The van der Waals surface area contributed by atoms with E-state index in [1.54, 1.807) is 0 Å². The Kier molecular flexibility index (Phi) is 5.71. The minimum atomic E-state index is 0.111. The summed E-state index contributed by atoms with van der Waals surface area (Å²) in [4.78, 5) is 7.01. The number of benzene rings is 3. The first-order valence-corrected chi connectivity index (χ1v) is 11.1. The van der Waals surface area contributed by atoms with Crippen LogP contribution in [0.2, 0.25) is 0 Å². The summed E-state index contributed by atoms with van der Waals surface area (Å²) < 4.78 is 0.997. The zero-order chi connectivity index (χ0) is 22.2. The molecule has 4 rings (SSSR count). The van der Waals surface area contributed by atoms with E-state index < -0.39 is 0 Å². The molecule has 1 N–H and O–H groups in total. The number of hydrogen-bond donors (Lipinski definition) is 1. The van der Waals surface area contributed by atoms with Crippen LogP contribution in [0.3, 0.4) is 0 Å². The Labute approximate surface area is 192 Å². The van der Waals surface area contributed by atoms with Crippen LogP contribution in [0.4, 0.5) is 11.4 Å². The third kappa shape index (κ3) is 4.57. The predicted octanol–water partition coefficient (Wildman–Crippen LogP) is 6.25. The smallest absolute Gasteiger partial charge is 0.154 e. The molecule has 0 amide bonds. The summed E-state index contributed by atoms with van der Waals surface area (Å²) in [5.41, 5.74) is 10.6. The van der Waals surface area contributed by atoms with Gasteiger partial charge in [-0.1, -0.05) is 73.1 Å². The molecular formula is C26H27BrN4. The minimum absolute atomic E-state index is 0.111. The lowest BCUT2D eigenvalue weighted by Crippen LogP contribution is -2.20. The summed E-state index contributed by atoms with van der Waals surface area (Å²) in [5, 5.41) is 4.78. The van der Waals surface area contributed by atoms with Gasteiger partial charge in [-0.15, -0.1) is 0 Å². The second-order valence-electron chi connectivity index (χ2n) is 8.96. The number of hydrazone groups is 1. The molecule has 1 aliphatic rings. The Morgan fingerprint density at radius 3 is 2.10 bits per heavy atom. The van der Waals surface area contributed by atoms with Gasteiger partial charge in [-0.2, -0.15) is 5.10 Å². The molecule has 0 bridgehead atoms. The summed E-state index contributed by atoms with van der Waals surface area (Å²) in [6.07, 6.45) is 0. The Hall–Kier alpha value is -2.92. The van der Waals surface area contributed by atoms with E-state index in [-0.39, 0.29) is 5.41 Å². The van der Waals surface area contributed by atoms with Crippen molar-refractivity contribution in [1.82, 2.24) is 5.43 Å². The van der Waals surface area contributed by atoms with Crippen LogP contribution in [0.1, 0.15) is 43.0 Å². The number of halogens is 1. The molecule has 0 atom stereocenters. The van der Waals surface area contributed by atoms with E-state index in [2.05, 4.69) is 102 Å². The van der Waals surface area contributed by atoms with E-state index in [0.717, 1.165) is 44.1 Å². The number of rotatable bonds is 3. The molecule has 4 nitrogen and oxygen atoms in total. The maximum atomic E-state index is 4.93. The lowest BCUT2D eigenvalue weighted by molar-refractivity contribution is 0.590. The van der Waals surface area contributed by atoms with Gasteiger partial charge >= 0.3 is 0 Å². The fraction of sp³-hybridized carbons (Fsp3) is 0.231. The van der Waals surface area contributed by atoms with Crippen LogP contribution < -0.4 is 10.3 Å². The Morgan fingerprint density at radius 1 is 0.839 bits per heavy atom. The summed E-state index contributed by atoms with van der Waals surface area (Å²) >= 11 is 3.60. The Balaban J connectivity index is 1.77. The SMILES string of the molecule is CN(C)c1ccc(C2=NNC(c3ccc(C(C)(C)C)cc3)=Nc3ccc(Br)cc32)cc1. The van der Waals surface area contributed by atoms with Gasteiger partial charge in [0.25, 0.3) is 0 Å². The standard InChI is InChI=1S/C26H27BrN4/c1-26(2,3)19-10-6-18(7-11-19)25-28-23-15-12-20(27)16-22(23)24(29-30-25)17-8-13-21(14-9-17)31(4)5/h6-16H,1-5H3,(H,28,30). The molecule has 0 aliphatic carbocycles. The highest BCUT2D eigenvalue weighted by Gasteiger charge is 2.19. The number of nitrogens with zero attached hydrogens (tertiary/aromatic N) is 3. The summed E-state index contributed by atoms with van der Waals surface area (Å²) in [6.45, 7) is 6.65. The van der Waals surface area contributed by atoms with E-state index in [1.807, 2.05) is 26.2 Å². The Bertz CT molecular complexity index is 1150. The van der Waals surface area contributed by atoms with E-state index in [0.29, 0.717) is 0 Å². The number of hydrogen-bond acceptors (Lipinski definition) is 4. The molecule has 0 spiro atoms. The van der Waals surface area contributed by atoms with Crippen LogP contribution >= 0.6 is 15.9 Å². The average Bonchev–Trinajstić information content (AvgIpc) is 2.93. The van der Waals surface area contributed by atoms with E-state index in [1.165, 1.54) is 5.56 Å². The van der Waals surface area contributed by atoms with E-state index in [4.69, 9.17) is 10.1 Å². The Morgan fingerprint density at radius 2 is 1.48 bits per heavy atom. The molecule has 1 heterocycles. The molecule has 31 heavy (non-hydrogen) atoms. The first-order valence-electron chi connectivity index (χ1n) is 10.3. The fourth-order valence-corrected chi connectivity index (χ4v) is 3.87. The van der Waals surface area contributed by atoms with Crippen LogP contribution in [-0.4, -0.2) is 25.6 Å². The van der Waals surface area contributed by atoms with Crippen molar-refractivity contribution < 1.29 is 0 Å². The van der Waals surface area contributed by atoms with E-state index >= 15 is 0 Å². The molecule has 3 aromatic carbocycles. The first-order chi connectivity index (χ1) is 14.7. The van der Waals surface area contributed by atoms with Crippen molar-refractivity contribution in [2.24, 2.45) is 10.1 Å². The normalized spacial score (nSPS) is 13.5. The monoisotopic (exact) mass is 474 g/mol.